The van der Waals surface area contributed by atoms with Crippen LogP contribution in [0.4, 0.5) is 0 Å². The Kier molecular flexibility index (Phi) is 4.63. The third kappa shape index (κ3) is 3.31. The summed E-state index contributed by atoms with van der Waals surface area (Å²) in [5.74, 6) is -1.65. The highest BCUT2D eigenvalue weighted by Gasteiger charge is 2.44. The van der Waals surface area contributed by atoms with Gasteiger partial charge in [-0.3, -0.25) is 29.4 Å². The van der Waals surface area contributed by atoms with Crippen LogP contribution in [0.2, 0.25) is 0 Å². The minimum absolute atomic E-state index is 0.0920. The van der Waals surface area contributed by atoms with Crippen LogP contribution in [0.5, 0.6) is 5.75 Å². The molecule has 0 aromatic heterocycles. The molecule has 4 rings (SSSR count). The van der Waals surface area contributed by atoms with Crippen molar-refractivity contribution in [1.82, 2.24) is 15.5 Å². The smallest absolute Gasteiger partial charge is 0.262 e. The van der Waals surface area contributed by atoms with E-state index in [2.05, 4.69) is 10.6 Å². The van der Waals surface area contributed by atoms with Gasteiger partial charge in [0, 0.05) is 19.5 Å². The van der Waals surface area contributed by atoms with Crippen molar-refractivity contribution in [2.75, 3.05) is 26.3 Å². The van der Waals surface area contributed by atoms with Crippen LogP contribution in [-0.2, 0) is 14.3 Å². The highest BCUT2D eigenvalue weighted by molar-refractivity contribution is 6.23. The standard InChI is InChI=1S/C18H19N3O6/c22-15-4-3-14(16(23)20-15)21-17(24)12-2-1-10(7-13(12)18(21)25)26-5-6-27-11-8-19-9-11/h1-2,7,11,14,19H,3-6,8-9H2,(H,20,22,23). The average Bonchev–Trinajstić information content (AvgIpc) is 2.84. The molecule has 4 amide bonds. The molecule has 3 heterocycles. The summed E-state index contributed by atoms with van der Waals surface area (Å²) >= 11 is 0. The zero-order valence-electron chi connectivity index (χ0n) is 14.5. The molecule has 9 heteroatoms. The average molecular weight is 373 g/mol. The van der Waals surface area contributed by atoms with E-state index in [1.807, 2.05) is 0 Å². The Morgan fingerprint density at radius 3 is 2.52 bits per heavy atom. The molecule has 2 fully saturated rings. The molecule has 1 atom stereocenters. The van der Waals surface area contributed by atoms with Crippen LogP contribution in [0.25, 0.3) is 0 Å². The number of hydrogen-bond donors (Lipinski definition) is 2. The molecule has 1 aromatic carbocycles. The second-order valence-electron chi connectivity index (χ2n) is 6.65. The molecule has 9 nitrogen and oxygen atoms in total. The molecule has 0 bridgehead atoms. The van der Waals surface area contributed by atoms with Crippen LogP contribution in [0.15, 0.2) is 18.2 Å². The highest BCUT2D eigenvalue weighted by Crippen LogP contribution is 2.30. The lowest BCUT2D eigenvalue weighted by molar-refractivity contribution is -0.136. The van der Waals surface area contributed by atoms with E-state index < -0.39 is 29.7 Å². The number of benzene rings is 1. The largest absolute Gasteiger partial charge is 0.491 e. The lowest BCUT2D eigenvalue weighted by Gasteiger charge is -2.27. The van der Waals surface area contributed by atoms with E-state index in [0.717, 1.165) is 18.0 Å². The number of imide groups is 2. The van der Waals surface area contributed by atoms with E-state index in [1.54, 1.807) is 6.07 Å². The fourth-order valence-corrected chi connectivity index (χ4v) is 3.29. The first-order valence-electron chi connectivity index (χ1n) is 8.85. The minimum Gasteiger partial charge on any atom is -0.491 e. The first-order valence-corrected chi connectivity index (χ1v) is 8.85. The van der Waals surface area contributed by atoms with Crippen molar-refractivity contribution < 1.29 is 28.7 Å². The van der Waals surface area contributed by atoms with Crippen molar-refractivity contribution >= 4 is 23.6 Å². The summed E-state index contributed by atoms with van der Waals surface area (Å²) in [4.78, 5) is 49.6. The van der Waals surface area contributed by atoms with Gasteiger partial charge < -0.3 is 14.8 Å². The predicted octanol–water partition coefficient (Wildman–Crippen LogP) is -0.545. The molecule has 0 aliphatic carbocycles. The van der Waals surface area contributed by atoms with Gasteiger partial charge in [-0.1, -0.05) is 0 Å². The number of rotatable bonds is 6. The molecule has 1 aromatic rings. The van der Waals surface area contributed by atoms with E-state index in [4.69, 9.17) is 9.47 Å². The van der Waals surface area contributed by atoms with Crippen molar-refractivity contribution in [1.29, 1.82) is 0 Å². The summed E-state index contributed by atoms with van der Waals surface area (Å²) in [6, 6.07) is 3.67. The lowest BCUT2D eigenvalue weighted by atomic mass is 10.0. The van der Waals surface area contributed by atoms with E-state index in [0.29, 0.717) is 19.0 Å². The van der Waals surface area contributed by atoms with Gasteiger partial charge in [0.05, 0.1) is 23.8 Å². The number of fused-ring (bicyclic) bond motifs is 1. The quantitative estimate of drug-likeness (QED) is 0.508. The summed E-state index contributed by atoms with van der Waals surface area (Å²) in [7, 11) is 0. The summed E-state index contributed by atoms with van der Waals surface area (Å²) in [6.45, 7) is 2.43. The van der Waals surface area contributed by atoms with Gasteiger partial charge in [0.1, 0.15) is 18.4 Å². The van der Waals surface area contributed by atoms with Crippen LogP contribution in [0.3, 0.4) is 0 Å². The normalized spacial score (nSPS) is 22.5. The molecule has 142 valence electrons. The van der Waals surface area contributed by atoms with Gasteiger partial charge in [0.25, 0.3) is 11.8 Å². The number of amides is 4. The van der Waals surface area contributed by atoms with Crippen molar-refractivity contribution in [2.24, 2.45) is 0 Å². The Morgan fingerprint density at radius 1 is 1.04 bits per heavy atom. The summed E-state index contributed by atoms with van der Waals surface area (Å²) in [6.07, 6.45) is 0.441. The predicted molar refractivity (Wildman–Crippen MR) is 91.2 cm³/mol. The highest BCUT2D eigenvalue weighted by atomic mass is 16.5. The molecule has 3 aliphatic heterocycles. The molecule has 2 N–H and O–H groups in total. The van der Waals surface area contributed by atoms with Crippen LogP contribution in [-0.4, -0.2) is 67.0 Å². The van der Waals surface area contributed by atoms with Crippen molar-refractivity contribution in [3.8, 4) is 5.75 Å². The number of nitrogens with one attached hydrogen (secondary N) is 2. The lowest BCUT2D eigenvalue weighted by Crippen LogP contribution is -2.54. The molecule has 0 spiro atoms. The van der Waals surface area contributed by atoms with Gasteiger partial charge in [-0.05, 0) is 24.6 Å². The minimum atomic E-state index is -0.969. The van der Waals surface area contributed by atoms with Crippen LogP contribution in [0.1, 0.15) is 33.6 Å². The van der Waals surface area contributed by atoms with Gasteiger partial charge in [-0.25, -0.2) is 0 Å². The fourth-order valence-electron chi connectivity index (χ4n) is 3.29. The Balaban J connectivity index is 1.43. The molecular formula is C18H19N3O6. The van der Waals surface area contributed by atoms with Crippen LogP contribution in [0, 0.1) is 0 Å². The molecule has 3 aliphatic rings. The van der Waals surface area contributed by atoms with E-state index in [1.165, 1.54) is 12.1 Å². The molecule has 0 radical (unpaired) electrons. The third-order valence-electron chi connectivity index (χ3n) is 4.86. The maximum atomic E-state index is 12.7. The number of ether oxygens (including phenoxy) is 2. The molecule has 2 saturated heterocycles. The van der Waals surface area contributed by atoms with E-state index >= 15 is 0 Å². The molecule has 1 unspecified atom stereocenters. The number of carbonyl (C=O) groups is 4. The Labute approximate surface area is 155 Å². The second kappa shape index (κ2) is 7.09. The zero-order chi connectivity index (χ0) is 19.0. The fraction of sp³-hybridized carbons (Fsp3) is 0.444. The Hall–Kier alpha value is -2.78. The number of piperidine rings is 1. The monoisotopic (exact) mass is 373 g/mol. The second-order valence-corrected chi connectivity index (χ2v) is 6.65. The summed E-state index contributed by atoms with van der Waals surface area (Å²) in [5.41, 5.74) is 0.431. The van der Waals surface area contributed by atoms with Crippen LogP contribution >= 0.6 is 0 Å². The van der Waals surface area contributed by atoms with Crippen molar-refractivity contribution in [2.45, 2.75) is 25.0 Å². The zero-order valence-corrected chi connectivity index (χ0v) is 14.5. The van der Waals surface area contributed by atoms with E-state index in [-0.39, 0.29) is 30.1 Å². The number of carbonyl (C=O) groups excluding carboxylic acids is 4. The third-order valence-corrected chi connectivity index (χ3v) is 4.86. The topological polar surface area (TPSA) is 114 Å². The van der Waals surface area contributed by atoms with Gasteiger partial charge in [0.15, 0.2) is 0 Å². The van der Waals surface area contributed by atoms with Crippen molar-refractivity contribution in [3.63, 3.8) is 0 Å². The maximum absolute atomic E-state index is 12.7. The number of nitrogens with zero attached hydrogens (tertiary/aromatic N) is 1. The molecule has 0 saturated carbocycles. The summed E-state index contributed by atoms with van der Waals surface area (Å²) in [5, 5.41) is 5.28. The molecule has 27 heavy (non-hydrogen) atoms. The maximum Gasteiger partial charge on any atom is 0.262 e. The SMILES string of the molecule is O=C1CCC(N2C(=O)c3ccc(OCCOC4CNC4)cc3C2=O)C(=O)N1. The first-order chi connectivity index (χ1) is 13.0. The van der Waals surface area contributed by atoms with Gasteiger partial charge >= 0.3 is 0 Å². The number of hydrogen-bond acceptors (Lipinski definition) is 7. The van der Waals surface area contributed by atoms with Gasteiger partial charge in [-0.2, -0.15) is 0 Å². The first kappa shape index (κ1) is 17.6. The van der Waals surface area contributed by atoms with Gasteiger partial charge in [0.2, 0.25) is 11.8 Å². The van der Waals surface area contributed by atoms with Crippen LogP contribution < -0.4 is 15.4 Å². The van der Waals surface area contributed by atoms with Gasteiger partial charge in [-0.15, -0.1) is 0 Å². The van der Waals surface area contributed by atoms with E-state index in [9.17, 15) is 19.2 Å². The molecular weight excluding hydrogens is 354 g/mol. The Morgan fingerprint density at radius 2 is 1.81 bits per heavy atom. The Bertz CT molecular complexity index is 819. The summed E-state index contributed by atoms with van der Waals surface area (Å²) < 4.78 is 11.2. The van der Waals surface area contributed by atoms with Crippen molar-refractivity contribution in [3.05, 3.63) is 29.3 Å².